The molecular formula is C26H30F3N7O3. The highest BCUT2D eigenvalue weighted by Gasteiger charge is 2.31. The van der Waals surface area contributed by atoms with Crippen LogP contribution in [0.3, 0.4) is 0 Å². The van der Waals surface area contributed by atoms with E-state index < -0.39 is 6.36 Å². The van der Waals surface area contributed by atoms with Gasteiger partial charge < -0.3 is 14.6 Å². The number of hydrogen-bond donors (Lipinski definition) is 1. The lowest BCUT2D eigenvalue weighted by Crippen LogP contribution is -2.40. The number of nitrogens with one attached hydrogen (secondary N) is 1. The lowest BCUT2D eigenvalue weighted by Gasteiger charge is -2.19. The molecule has 208 valence electrons. The molecule has 0 spiro atoms. The van der Waals surface area contributed by atoms with Gasteiger partial charge >= 0.3 is 12.1 Å². The number of aryl methyl sites for hydroxylation is 1. The second-order valence-corrected chi connectivity index (χ2v) is 9.77. The summed E-state index contributed by atoms with van der Waals surface area (Å²) in [6.45, 7) is 6.84. The van der Waals surface area contributed by atoms with Crippen LogP contribution in [0.25, 0.3) is 22.6 Å². The van der Waals surface area contributed by atoms with Crippen molar-refractivity contribution in [2.75, 3.05) is 18.0 Å². The van der Waals surface area contributed by atoms with Gasteiger partial charge in [-0.2, -0.15) is 5.10 Å². The molecule has 1 unspecified atom stereocenters. The van der Waals surface area contributed by atoms with E-state index in [-0.39, 0.29) is 22.9 Å². The first kappa shape index (κ1) is 26.6. The average Bonchev–Trinajstić information content (AvgIpc) is 3.64. The smallest absolute Gasteiger partial charge is 0.406 e. The summed E-state index contributed by atoms with van der Waals surface area (Å²) in [5.74, 6) is 0.518. The second kappa shape index (κ2) is 10.6. The van der Waals surface area contributed by atoms with Crippen LogP contribution in [0.15, 0.2) is 46.2 Å². The van der Waals surface area contributed by atoms with Gasteiger partial charge in [-0.25, -0.2) is 9.78 Å². The molecule has 4 heterocycles. The SMILES string of the molecule is CCCn1c(=O)c2[nH]c(-c3cnn(CC4CCN(c5ccc(OC(F)(F)F)cc5)C4)c3)nc2n(CCC)c1=O. The molecular weight excluding hydrogens is 515 g/mol. The highest BCUT2D eigenvalue weighted by atomic mass is 19.4. The largest absolute Gasteiger partial charge is 0.573 e. The third-order valence-electron chi connectivity index (χ3n) is 6.83. The van der Waals surface area contributed by atoms with Gasteiger partial charge in [-0.05, 0) is 49.4 Å². The van der Waals surface area contributed by atoms with Crippen molar-refractivity contribution in [2.45, 2.75) is 59.1 Å². The number of fused-ring (bicyclic) bond motifs is 1. The van der Waals surface area contributed by atoms with E-state index in [1.807, 2.05) is 24.7 Å². The Labute approximate surface area is 221 Å². The maximum atomic E-state index is 13.0. The van der Waals surface area contributed by atoms with Crippen molar-refractivity contribution >= 4 is 16.9 Å². The van der Waals surface area contributed by atoms with Crippen LogP contribution in [0, 0.1) is 5.92 Å². The minimum Gasteiger partial charge on any atom is -0.406 e. The Hall–Kier alpha value is -4.03. The van der Waals surface area contributed by atoms with Crippen LogP contribution in [0.1, 0.15) is 33.1 Å². The summed E-state index contributed by atoms with van der Waals surface area (Å²) in [7, 11) is 0. The molecule has 0 radical (unpaired) electrons. The Morgan fingerprint density at radius 2 is 1.79 bits per heavy atom. The number of H-pyrrole nitrogens is 1. The number of ether oxygens (including phenoxy) is 1. The van der Waals surface area contributed by atoms with Crippen molar-refractivity contribution in [3.63, 3.8) is 0 Å². The summed E-state index contributed by atoms with van der Waals surface area (Å²) in [4.78, 5) is 35.8. The topological polar surface area (TPSA) is 103 Å². The molecule has 1 fully saturated rings. The zero-order chi connectivity index (χ0) is 27.7. The van der Waals surface area contributed by atoms with Crippen molar-refractivity contribution < 1.29 is 17.9 Å². The maximum absolute atomic E-state index is 13.0. The monoisotopic (exact) mass is 545 g/mol. The van der Waals surface area contributed by atoms with Crippen molar-refractivity contribution in [1.82, 2.24) is 28.9 Å². The first-order valence-corrected chi connectivity index (χ1v) is 13.0. The Morgan fingerprint density at radius 1 is 1.08 bits per heavy atom. The van der Waals surface area contributed by atoms with Gasteiger partial charge in [-0.1, -0.05) is 13.8 Å². The molecule has 10 nitrogen and oxygen atoms in total. The van der Waals surface area contributed by atoms with E-state index in [1.54, 1.807) is 22.9 Å². The first-order chi connectivity index (χ1) is 18.7. The molecule has 0 saturated carbocycles. The number of rotatable bonds is 9. The predicted molar refractivity (Wildman–Crippen MR) is 140 cm³/mol. The molecule has 1 saturated heterocycles. The number of hydrogen-bond acceptors (Lipinski definition) is 6. The first-order valence-electron chi connectivity index (χ1n) is 13.0. The van der Waals surface area contributed by atoms with Gasteiger partial charge in [0.15, 0.2) is 5.65 Å². The zero-order valence-corrected chi connectivity index (χ0v) is 21.7. The molecule has 5 rings (SSSR count). The number of alkyl halides is 3. The van der Waals surface area contributed by atoms with E-state index in [0.29, 0.717) is 48.6 Å². The number of halogens is 3. The van der Waals surface area contributed by atoms with E-state index in [0.717, 1.165) is 31.6 Å². The van der Waals surface area contributed by atoms with Crippen molar-refractivity contribution in [2.24, 2.45) is 5.92 Å². The molecule has 1 aliphatic heterocycles. The average molecular weight is 546 g/mol. The van der Waals surface area contributed by atoms with E-state index in [2.05, 4.69) is 24.7 Å². The molecule has 3 aromatic heterocycles. The van der Waals surface area contributed by atoms with E-state index in [9.17, 15) is 22.8 Å². The Balaban J connectivity index is 1.30. The molecule has 1 N–H and O–H groups in total. The zero-order valence-electron chi connectivity index (χ0n) is 21.7. The van der Waals surface area contributed by atoms with Crippen LogP contribution in [0.5, 0.6) is 5.75 Å². The third kappa shape index (κ3) is 5.57. The summed E-state index contributed by atoms with van der Waals surface area (Å²) >= 11 is 0. The van der Waals surface area contributed by atoms with Gasteiger partial charge in [-0.3, -0.25) is 18.6 Å². The fraction of sp³-hybridized carbons (Fsp3) is 0.462. The fourth-order valence-electron chi connectivity index (χ4n) is 5.07. The van der Waals surface area contributed by atoms with Gasteiger partial charge in [0.05, 0.1) is 11.8 Å². The van der Waals surface area contributed by atoms with E-state index in [1.165, 1.54) is 16.7 Å². The number of imidazole rings is 1. The predicted octanol–water partition coefficient (Wildman–Crippen LogP) is 3.99. The van der Waals surface area contributed by atoms with E-state index in [4.69, 9.17) is 0 Å². The minimum absolute atomic E-state index is 0.243. The normalized spacial score (nSPS) is 15.9. The number of nitrogens with zero attached hydrogens (tertiary/aromatic N) is 6. The standard InChI is InChI=1S/C26H30F3N7O3/c1-3-10-35-23-21(24(37)36(11-4-2)25(35)38)31-22(32-23)18-13-30-34(16-18)15-17-9-12-33(14-17)19-5-7-20(8-6-19)39-26(27,28)29/h5-8,13,16-17H,3-4,9-12,14-15H2,1-2H3,(H,31,32). The minimum atomic E-state index is -4.71. The lowest BCUT2D eigenvalue weighted by atomic mass is 10.1. The van der Waals surface area contributed by atoms with Crippen LogP contribution in [0.2, 0.25) is 0 Å². The maximum Gasteiger partial charge on any atom is 0.573 e. The summed E-state index contributed by atoms with van der Waals surface area (Å²) < 4.78 is 45.8. The van der Waals surface area contributed by atoms with Gasteiger partial charge in [0, 0.05) is 44.6 Å². The number of anilines is 1. The van der Waals surface area contributed by atoms with Crippen molar-refractivity contribution in [3.8, 4) is 17.1 Å². The van der Waals surface area contributed by atoms with Crippen LogP contribution in [-0.4, -0.2) is 48.3 Å². The van der Waals surface area contributed by atoms with Gasteiger partial charge in [0.1, 0.15) is 17.1 Å². The number of aromatic amines is 1. The van der Waals surface area contributed by atoms with Crippen molar-refractivity contribution in [3.05, 3.63) is 57.5 Å². The van der Waals surface area contributed by atoms with Crippen LogP contribution in [0.4, 0.5) is 18.9 Å². The highest BCUT2D eigenvalue weighted by Crippen LogP contribution is 2.29. The molecule has 1 aliphatic rings. The summed E-state index contributed by atoms with van der Waals surface area (Å²) in [6.07, 6.45) is 1.11. The lowest BCUT2D eigenvalue weighted by molar-refractivity contribution is -0.274. The third-order valence-corrected chi connectivity index (χ3v) is 6.83. The van der Waals surface area contributed by atoms with E-state index >= 15 is 0 Å². The highest BCUT2D eigenvalue weighted by molar-refractivity contribution is 5.75. The fourth-order valence-corrected chi connectivity index (χ4v) is 5.07. The molecule has 0 bridgehead atoms. The summed E-state index contributed by atoms with van der Waals surface area (Å²) in [5.41, 5.74) is 1.47. The van der Waals surface area contributed by atoms with Gasteiger partial charge in [-0.15, -0.1) is 13.2 Å². The summed E-state index contributed by atoms with van der Waals surface area (Å²) in [5, 5.41) is 4.48. The van der Waals surface area contributed by atoms with Gasteiger partial charge in [0.2, 0.25) is 0 Å². The second-order valence-electron chi connectivity index (χ2n) is 9.77. The molecule has 1 atom stereocenters. The molecule has 4 aromatic rings. The Bertz CT molecular complexity index is 1570. The molecule has 0 amide bonds. The van der Waals surface area contributed by atoms with Gasteiger partial charge in [0.25, 0.3) is 5.56 Å². The molecule has 1 aromatic carbocycles. The number of benzene rings is 1. The van der Waals surface area contributed by atoms with Crippen molar-refractivity contribution in [1.29, 1.82) is 0 Å². The van der Waals surface area contributed by atoms with Crippen LogP contribution < -0.4 is 20.9 Å². The number of aromatic nitrogens is 6. The van der Waals surface area contributed by atoms with Crippen LogP contribution in [-0.2, 0) is 19.6 Å². The molecule has 39 heavy (non-hydrogen) atoms. The van der Waals surface area contributed by atoms with Crippen LogP contribution >= 0.6 is 0 Å². The quantitative estimate of drug-likeness (QED) is 0.341. The Morgan fingerprint density at radius 3 is 2.49 bits per heavy atom. The summed E-state index contributed by atoms with van der Waals surface area (Å²) in [6, 6.07) is 5.90. The molecule has 13 heteroatoms. The molecule has 0 aliphatic carbocycles. The Kier molecular flexibility index (Phi) is 7.23.